The Balaban J connectivity index is 1.15. The summed E-state index contributed by atoms with van der Waals surface area (Å²) in [5.41, 5.74) is 2.44. The van der Waals surface area contributed by atoms with Gasteiger partial charge < -0.3 is 30.5 Å². The first-order chi connectivity index (χ1) is 23.5. The molecular formula is C42H71N2O6+. The number of nitrogens with two attached hydrogens (primary N) is 2. The number of rotatable bonds is 10. The highest BCUT2D eigenvalue weighted by atomic mass is 16.6. The normalized spacial score (nSPS) is 46.2. The number of hydrogen-bond donors (Lipinski definition) is 6. The van der Waals surface area contributed by atoms with Crippen molar-refractivity contribution < 1.29 is 35.3 Å². The average Bonchev–Trinajstić information content (AvgIpc) is 3.85. The van der Waals surface area contributed by atoms with Crippen LogP contribution in [0, 0.1) is 45.8 Å². The van der Waals surface area contributed by atoms with E-state index in [1.807, 2.05) is 13.0 Å². The predicted octanol–water partition coefficient (Wildman–Crippen LogP) is 4.89. The number of epoxide rings is 1. The van der Waals surface area contributed by atoms with Crippen molar-refractivity contribution in [3.05, 3.63) is 11.6 Å². The lowest BCUT2D eigenvalue weighted by molar-refractivity contribution is -0.699. The van der Waals surface area contributed by atoms with Gasteiger partial charge in [-0.05, 0) is 137 Å². The van der Waals surface area contributed by atoms with Crippen molar-refractivity contribution in [3.63, 3.8) is 0 Å². The Morgan fingerprint density at radius 3 is 2.38 bits per heavy atom. The lowest BCUT2D eigenvalue weighted by Gasteiger charge is -2.63. The smallest absolute Gasteiger partial charge is 0.159 e. The Kier molecular flexibility index (Phi) is 9.86. The van der Waals surface area contributed by atoms with Crippen LogP contribution in [0.1, 0.15) is 150 Å². The van der Waals surface area contributed by atoms with Crippen LogP contribution in [-0.2, 0) is 9.53 Å². The highest BCUT2D eigenvalue weighted by Crippen LogP contribution is 2.72. The Morgan fingerprint density at radius 1 is 0.940 bits per heavy atom. The van der Waals surface area contributed by atoms with Gasteiger partial charge in [0.05, 0.1) is 29.5 Å². The molecular weight excluding hydrogens is 628 g/mol. The highest BCUT2D eigenvalue weighted by Gasteiger charge is 2.74. The van der Waals surface area contributed by atoms with Crippen LogP contribution in [0.5, 0.6) is 0 Å². The quantitative estimate of drug-likeness (QED) is 0.178. The topological polar surface area (TPSA) is 153 Å². The third-order valence-corrected chi connectivity index (χ3v) is 17.0. The number of allylic oxidation sites excluding steroid dienone is 1. The van der Waals surface area contributed by atoms with E-state index in [1.54, 1.807) is 0 Å². The molecule has 2 aliphatic heterocycles. The molecule has 8 N–H and O–H groups in total. The van der Waals surface area contributed by atoms with Gasteiger partial charge in [-0.25, -0.2) is 0 Å². The van der Waals surface area contributed by atoms with E-state index in [4.69, 9.17) is 10.5 Å². The number of ketones is 1. The predicted molar refractivity (Wildman–Crippen MR) is 194 cm³/mol. The van der Waals surface area contributed by atoms with Crippen LogP contribution in [0.3, 0.4) is 0 Å². The molecule has 0 radical (unpaired) electrons. The summed E-state index contributed by atoms with van der Waals surface area (Å²) in [5, 5.41) is 51.4. The molecule has 6 fully saturated rings. The van der Waals surface area contributed by atoms with Crippen molar-refractivity contribution in [1.29, 1.82) is 0 Å². The number of fused-ring (bicyclic) bond motifs is 5. The van der Waals surface area contributed by atoms with Gasteiger partial charge in [-0.2, -0.15) is 0 Å². The zero-order valence-corrected chi connectivity index (χ0v) is 32.0. The zero-order valence-electron chi connectivity index (χ0n) is 32.0. The number of quaternary nitrogens is 1. The molecule has 2 saturated heterocycles. The van der Waals surface area contributed by atoms with Gasteiger partial charge in [0.2, 0.25) is 0 Å². The van der Waals surface area contributed by atoms with Crippen LogP contribution in [0.15, 0.2) is 11.6 Å². The molecule has 284 valence electrons. The van der Waals surface area contributed by atoms with Gasteiger partial charge in [0, 0.05) is 17.8 Å². The van der Waals surface area contributed by atoms with Crippen molar-refractivity contribution >= 4 is 5.78 Å². The Morgan fingerprint density at radius 2 is 1.68 bits per heavy atom. The molecule has 0 bridgehead atoms. The fourth-order valence-electron chi connectivity index (χ4n) is 13.7. The lowest BCUT2D eigenvalue weighted by Crippen LogP contribution is -2.94. The maximum absolute atomic E-state index is 14.2. The number of ether oxygens (including phenoxy) is 1. The zero-order chi connectivity index (χ0) is 35.9. The summed E-state index contributed by atoms with van der Waals surface area (Å²) >= 11 is 0. The van der Waals surface area contributed by atoms with E-state index in [9.17, 15) is 25.2 Å². The number of carbonyl (C=O) groups is 1. The Bertz CT molecular complexity index is 1310. The molecule has 0 aromatic rings. The molecule has 0 spiro atoms. The minimum Gasteiger partial charge on any atom is -0.393 e. The lowest BCUT2D eigenvalue weighted by atomic mass is 9.41. The van der Waals surface area contributed by atoms with Crippen LogP contribution in [-0.4, -0.2) is 74.0 Å². The monoisotopic (exact) mass is 700 g/mol. The first kappa shape index (κ1) is 37.4. The maximum atomic E-state index is 14.2. The van der Waals surface area contributed by atoms with Crippen LogP contribution in [0.2, 0.25) is 0 Å². The molecule has 4 saturated carbocycles. The summed E-state index contributed by atoms with van der Waals surface area (Å²) < 4.78 is 6.47. The number of aliphatic hydroxyl groups excluding tert-OH is 1. The van der Waals surface area contributed by atoms with Gasteiger partial charge in [-0.1, -0.05) is 53.4 Å². The second-order valence-electron chi connectivity index (χ2n) is 19.8. The summed E-state index contributed by atoms with van der Waals surface area (Å²) in [6.07, 6.45) is 16.9. The van der Waals surface area contributed by atoms with Crippen LogP contribution in [0.25, 0.3) is 0 Å². The molecule has 2 heterocycles. The fourth-order valence-corrected chi connectivity index (χ4v) is 13.7. The van der Waals surface area contributed by atoms with E-state index < -0.39 is 45.9 Å². The summed E-state index contributed by atoms with van der Waals surface area (Å²) in [6, 6.07) is 0. The second-order valence-corrected chi connectivity index (χ2v) is 19.8. The van der Waals surface area contributed by atoms with Gasteiger partial charge in [0.25, 0.3) is 0 Å². The molecule has 13 unspecified atom stereocenters. The Hall–Kier alpha value is -0.870. The fraction of sp³-hybridized carbons (Fsp3) is 0.929. The van der Waals surface area contributed by atoms with Crippen molar-refractivity contribution in [1.82, 2.24) is 0 Å². The number of carbonyl (C=O) groups excluding carboxylic acids is 1. The third kappa shape index (κ3) is 5.66. The first-order valence-corrected chi connectivity index (χ1v) is 20.9. The minimum absolute atomic E-state index is 0.114. The number of aliphatic hydroxyl groups is 4. The maximum Gasteiger partial charge on any atom is 0.159 e. The standard InChI is InChI=1S/C42H70N2O6/c1-6-17-41(48,36-35(50-36)39(5,47)37(2,3)18-12-26-16-22-44-34(43)23-26)33-15-21-42(49)30-25-32(46)31-24-28(45)13-20-40(31,27-10-8-7-9-11-27)29(30)14-19-38(33,42)4/h25-29,31,33-36,44-45,47-49H,6-24,43H2,1-5H3/p+1. The molecule has 0 amide bonds. The molecule has 7 rings (SSSR count). The third-order valence-electron chi connectivity index (χ3n) is 17.0. The first-order valence-electron chi connectivity index (χ1n) is 20.9. The van der Waals surface area contributed by atoms with Gasteiger partial charge >= 0.3 is 0 Å². The highest BCUT2D eigenvalue weighted by molar-refractivity contribution is 5.95. The minimum atomic E-state index is -1.20. The summed E-state index contributed by atoms with van der Waals surface area (Å²) in [4.78, 5) is 14.2. The van der Waals surface area contributed by atoms with Gasteiger partial charge in [-0.15, -0.1) is 0 Å². The van der Waals surface area contributed by atoms with E-state index >= 15 is 0 Å². The second kappa shape index (κ2) is 13.2. The van der Waals surface area contributed by atoms with E-state index in [1.165, 1.54) is 19.3 Å². The largest absolute Gasteiger partial charge is 0.393 e. The summed E-state index contributed by atoms with van der Waals surface area (Å²) in [6.45, 7) is 11.5. The van der Waals surface area contributed by atoms with E-state index in [0.717, 1.165) is 82.7 Å². The van der Waals surface area contributed by atoms with Crippen molar-refractivity contribution in [2.75, 3.05) is 6.54 Å². The molecule has 50 heavy (non-hydrogen) atoms. The van der Waals surface area contributed by atoms with Crippen LogP contribution in [0.4, 0.5) is 0 Å². The molecule has 8 nitrogen and oxygen atoms in total. The average molecular weight is 700 g/mol. The van der Waals surface area contributed by atoms with Gasteiger partial charge in [0.15, 0.2) is 5.78 Å². The number of hydrogen-bond acceptors (Lipinski definition) is 7. The van der Waals surface area contributed by atoms with E-state index in [-0.39, 0.29) is 35.1 Å². The Labute approximate surface area is 301 Å². The van der Waals surface area contributed by atoms with E-state index in [2.05, 4.69) is 33.0 Å². The van der Waals surface area contributed by atoms with Gasteiger partial charge in [-0.3, -0.25) is 10.5 Å². The van der Waals surface area contributed by atoms with Crippen molar-refractivity contribution in [3.8, 4) is 0 Å². The molecule has 0 aromatic heterocycles. The van der Waals surface area contributed by atoms with E-state index in [0.29, 0.717) is 37.5 Å². The van der Waals surface area contributed by atoms with Crippen molar-refractivity contribution in [2.45, 2.75) is 191 Å². The van der Waals surface area contributed by atoms with Gasteiger partial charge in [0.1, 0.15) is 18.4 Å². The van der Waals surface area contributed by atoms with Crippen LogP contribution >= 0.6 is 0 Å². The van der Waals surface area contributed by atoms with Crippen molar-refractivity contribution in [2.24, 2.45) is 51.6 Å². The summed E-state index contributed by atoms with van der Waals surface area (Å²) in [5.74, 6) is 0.888. The molecule has 7 aliphatic rings. The molecule has 13 atom stereocenters. The molecule has 0 aromatic carbocycles. The van der Waals surface area contributed by atoms with Crippen LogP contribution < -0.4 is 11.1 Å². The number of piperidine rings is 1. The molecule has 5 aliphatic carbocycles. The SMILES string of the molecule is CCCC(O)(C1OC1C(C)(O)C(C)(C)CCC1CC[NH2+]C(N)C1)C1CCC2(O)C3=CC(=O)C4CC(O)CCC4(C4CCCCC4)C3CCC12C. The summed E-state index contributed by atoms with van der Waals surface area (Å²) in [7, 11) is 0. The molecule has 8 heteroatoms.